The molecule has 0 aromatic heterocycles. The molecule has 0 radical (unpaired) electrons. The van der Waals surface area contributed by atoms with Crippen LogP contribution in [0.25, 0.3) is 0 Å². The topological polar surface area (TPSA) is 70.6 Å². The third-order valence-electron chi connectivity index (χ3n) is 5.32. The molecule has 0 saturated carbocycles. The van der Waals surface area contributed by atoms with E-state index < -0.39 is 11.2 Å². The minimum Gasteiger partial charge on any atom is -0.456 e. The highest BCUT2D eigenvalue weighted by atomic mass is 16.6. The van der Waals surface area contributed by atoms with Gasteiger partial charge in [0.25, 0.3) is 0 Å². The molecule has 5 heteroatoms. The van der Waals surface area contributed by atoms with Gasteiger partial charge in [-0.2, -0.15) is 0 Å². The lowest BCUT2D eigenvalue weighted by atomic mass is 9.82. The monoisotopic (exact) mass is 396 g/mol. The first-order chi connectivity index (χ1) is 13.8. The Hall–Kier alpha value is -2.37. The summed E-state index contributed by atoms with van der Waals surface area (Å²) in [5.41, 5.74) is 1.44. The summed E-state index contributed by atoms with van der Waals surface area (Å²) in [6.07, 6.45) is 1.56. The van der Waals surface area contributed by atoms with Crippen LogP contribution < -0.4 is 10.6 Å². The summed E-state index contributed by atoms with van der Waals surface area (Å²) in [5, 5.41) is 17.9. The van der Waals surface area contributed by atoms with Gasteiger partial charge >= 0.3 is 5.97 Å². The van der Waals surface area contributed by atoms with Gasteiger partial charge in [0.2, 0.25) is 0 Å². The molecule has 0 aliphatic carbocycles. The Kier molecular flexibility index (Phi) is 6.60. The average Bonchev–Trinajstić information content (AvgIpc) is 3.12. The fourth-order valence-corrected chi connectivity index (χ4v) is 3.70. The van der Waals surface area contributed by atoms with Gasteiger partial charge in [-0.25, -0.2) is 4.79 Å². The molecule has 3 rings (SSSR count). The molecule has 0 spiro atoms. The Balaban J connectivity index is 1.65. The Morgan fingerprint density at radius 1 is 1.17 bits per heavy atom. The number of nitrogens with one attached hydrogen (secondary N) is 2. The smallest absolute Gasteiger partial charge is 0.338 e. The maximum atomic E-state index is 12.2. The molecule has 1 fully saturated rings. The van der Waals surface area contributed by atoms with E-state index in [9.17, 15) is 9.90 Å². The number of esters is 1. The van der Waals surface area contributed by atoms with Crippen LogP contribution in [0.2, 0.25) is 0 Å². The van der Waals surface area contributed by atoms with Crippen molar-refractivity contribution < 1.29 is 14.6 Å². The summed E-state index contributed by atoms with van der Waals surface area (Å²) in [6, 6.07) is 17.6. The van der Waals surface area contributed by atoms with E-state index in [2.05, 4.69) is 22.8 Å². The number of rotatable bonds is 7. The van der Waals surface area contributed by atoms with E-state index in [4.69, 9.17) is 4.74 Å². The van der Waals surface area contributed by atoms with Crippen molar-refractivity contribution in [3.05, 3.63) is 65.7 Å². The lowest BCUT2D eigenvalue weighted by Crippen LogP contribution is -2.44. The van der Waals surface area contributed by atoms with Crippen LogP contribution in [0.3, 0.4) is 0 Å². The van der Waals surface area contributed by atoms with Crippen LogP contribution in [0.5, 0.6) is 0 Å². The van der Waals surface area contributed by atoms with Crippen molar-refractivity contribution in [2.24, 2.45) is 5.92 Å². The fraction of sp³-hybridized carbons (Fsp3) is 0.458. The second-order valence-corrected chi connectivity index (χ2v) is 8.88. The Morgan fingerprint density at radius 2 is 1.86 bits per heavy atom. The summed E-state index contributed by atoms with van der Waals surface area (Å²) in [5.74, 6) is -0.247. The van der Waals surface area contributed by atoms with Crippen molar-refractivity contribution in [3.8, 4) is 0 Å². The highest BCUT2D eigenvalue weighted by Crippen LogP contribution is 2.28. The molecule has 2 aromatic carbocycles. The van der Waals surface area contributed by atoms with Gasteiger partial charge < -0.3 is 20.5 Å². The van der Waals surface area contributed by atoms with E-state index in [1.807, 2.05) is 51.1 Å². The lowest BCUT2D eigenvalue weighted by Gasteiger charge is -2.32. The van der Waals surface area contributed by atoms with Crippen LogP contribution >= 0.6 is 0 Å². The highest BCUT2D eigenvalue weighted by molar-refractivity contribution is 5.90. The van der Waals surface area contributed by atoms with E-state index in [-0.39, 0.29) is 11.9 Å². The molecule has 29 heavy (non-hydrogen) atoms. The zero-order chi connectivity index (χ0) is 20.9. The van der Waals surface area contributed by atoms with Crippen LogP contribution in [0, 0.1) is 5.92 Å². The Labute approximate surface area is 173 Å². The minimum absolute atomic E-state index is 0.0745. The quantitative estimate of drug-likeness (QED) is 0.624. The Morgan fingerprint density at radius 3 is 2.45 bits per heavy atom. The molecule has 0 bridgehead atoms. The summed E-state index contributed by atoms with van der Waals surface area (Å²) < 4.78 is 5.41. The van der Waals surface area contributed by atoms with Crippen LogP contribution in [0.1, 0.15) is 43.1 Å². The predicted octanol–water partition coefficient (Wildman–Crippen LogP) is 3.64. The number of carbonyl (C=O) groups is 1. The van der Waals surface area contributed by atoms with Gasteiger partial charge in [0.05, 0.1) is 11.2 Å². The standard InChI is InChI=1S/C24H32N2O3/c1-23(2,3)29-22(27)19-9-11-21(12-10-19)26-16-20(24(28)13-14-25-17-24)15-18-7-5-4-6-8-18/h4-12,20,25-26,28H,13-17H2,1-3H3. The van der Waals surface area contributed by atoms with Gasteiger partial charge in [0.1, 0.15) is 5.60 Å². The van der Waals surface area contributed by atoms with Crippen LogP contribution in [0.15, 0.2) is 54.6 Å². The Bertz CT molecular complexity index is 791. The second-order valence-electron chi connectivity index (χ2n) is 8.88. The molecule has 5 nitrogen and oxygen atoms in total. The molecular formula is C24H32N2O3. The maximum absolute atomic E-state index is 12.2. The van der Waals surface area contributed by atoms with Crippen molar-refractivity contribution in [1.82, 2.24) is 5.32 Å². The summed E-state index contributed by atoms with van der Waals surface area (Å²) >= 11 is 0. The van der Waals surface area contributed by atoms with E-state index >= 15 is 0 Å². The molecule has 0 amide bonds. The molecule has 3 N–H and O–H groups in total. The molecule has 1 heterocycles. The van der Waals surface area contributed by atoms with Crippen molar-refractivity contribution in [2.75, 3.05) is 25.0 Å². The first-order valence-electron chi connectivity index (χ1n) is 10.3. The molecule has 1 aliphatic rings. The molecule has 2 aromatic rings. The van der Waals surface area contributed by atoms with Crippen molar-refractivity contribution >= 4 is 11.7 Å². The zero-order valence-electron chi connectivity index (χ0n) is 17.6. The van der Waals surface area contributed by atoms with Crippen molar-refractivity contribution in [3.63, 3.8) is 0 Å². The van der Waals surface area contributed by atoms with Crippen LogP contribution in [-0.2, 0) is 11.2 Å². The summed E-state index contributed by atoms with van der Waals surface area (Å²) in [4.78, 5) is 12.2. The first kappa shape index (κ1) is 21.3. The van der Waals surface area contributed by atoms with Crippen molar-refractivity contribution in [2.45, 2.75) is 44.8 Å². The van der Waals surface area contributed by atoms with Gasteiger partial charge in [-0.05, 0) is 70.0 Å². The van der Waals surface area contributed by atoms with Crippen LogP contribution in [0.4, 0.5) is 5.69 Å². The van der Waals surface area contributed by atoms with Gasteiger partial charge in [0.15, 0.2) is 0 Å². The van der Waals surface area contributed by atoms with E-state index in [1.54, 1.807) is 12.1 Å². The number of β-amino-alcohol motifs (C(OH)–C–C–N with tert-alkyl or cyclic N) is 1. The maximum Gasteiger partial charge on any atom is 0.338 e. The third kappa shape index (κ3) is 6.05. The molecule has 156 valence electrons. The minimum atomic E-state index is -0.723. The SMILES string of the molecule is CC(C)(C)OC(=O)c1ccc(NCC(Cc2ccccc2)C2(O)CCNC2)cc1. The normalized spacial score (nSPS) is 20.3. The van der Waals surface area contributed by atoms with E-state index in [0.717, 1.165) is 25.1 Å². The number of ether oxygens (including phenoxy) is 1. The summed E-state index contributed by atoms with van der Waals surface area (Å²) in [7, 11) is 0. The summed E-state index contributed by atoms with van der Waals surface area (Å²) in [6.45, 7) is 7.68. The number of carbonyl (C=O) groups excluding carboxylic acids is 1. The largest absolute Gasteiger partial charge is 0.456 e. The number of hydrogen-bond acceptors (Lipinski definition) is 5. The van der Waals surface area contributed by atoms with Crippen molar-refractivity contribution in [1.29, 1.82) is 0 Å². The highest BCUT2D eigenvalue weighted by Gasteiger charge is 2.39. The molecule has 1 aliphatic heterocycles. The van der Waals surface area contributed by atoms with Gasteiger partial charge in [0, 0.05) is 24.7 Å². The van der Waals surface area contributed by atoms with E-state index in [0.29, 0.717) is 18.7 Å². The van der Waals surface area contributed by atoms with Gasteiger partial charge in [-0.1, -0.05) is 30.3 Å². The third-order valence-corrected chi connectivity index (χ3v) is 5.32. The number of hydrogen-bond donors (Lipinski definition) is 3. The predicted molar refractivity (Wildman–Crippen MR) is 116 cm³/mol. The molecule has 2 unspecified atom stereocenters. The number of aliphatic hydroxyl groups is 1. The van der Waals surface area contributed by atoms with Gasteiger partial charge in [-0.15, -0.1) is 0 Å². The van der Waals surface area contributed by atoms with Crippen LogP contribution in [-0.4, -0.2) is 41.9 Å². The lowest BCUT2D eigenvalue weighted by molar-refractivity contribution is 0.00533. The van der Waals surface area contributed by atoms with E-state index in [1.165, 1.54) is 5.56 Å². The average molecular weight is 397 g/mol. The molecule has 1 saturated heterocycles. The van der Waals surface area contributed by atoms with Gasteiger partial charge in [-0.3, -0.25) is 0 Å². The zero-order valence-corrected chi connectivity index (χ0v) is 17.6. The number of anilines is 1. The molecule has 2 atom stereocenters. The second kappa shape index (κ2) is 8.97. The number of benzene rings is 2. The first-order valence-corrected chi connectivity index (χ1v) is 10.3. The molecular weight excluding hydrogens is 364 g/mol. The fourth-order valence-electron chi connectivity index (χ4n) is 3.70.